The van der Waals surface area contributed by atoms with Gasteiger partial charge in [-0.15, -0.1) is 12.4 Å². The molecule has 48 valence electrons. The maximum Gasteiger partial charge on any atom is 0.126 e. The van der Waals surface area contributed by atoms with Crippen LogP contribution in [-0.2, 0) is 0 Å². The predicted octanol–water partition coefficient (Wildman–Crippen LogP) is 0.882. The Morgan fingerprint density at radius 1 is 1.50 bits per heavy atom. The molecule has 0 aromatic carbocycles. The van der Waals surface area contributed by atoms with Crippen LogP contribution >= 0.6 is 12.4 Å². The van der Waals surface area contributed by atoms with Crippen LogP contribution < -0.4 is 5.32 Å². The number of rotatable bonds is 0. The smallest absolute Gasteiger partial charge is 0.126 e. The Morgan fingerprint density at radius 2 is 2.12 bits per heavy atom. The first-order valence-electron chi connectivity index (χ1n) is 2.71. The van der Waals surface area contributed by atoms with Gasteiger partial charge in [-0.1, -0.05) is 0 Å². The number of fused-ring (bicyclic) bond motifs is 1. The summed E-state index contributed by atoms with van der Waals surface area (Å²) < 4.78 is 12.6. The number of hydrogen-bond acceptors (Lipinski definition) is 1. The Balaban J connectivity index is 0.000000320. The Hall–Kier alpha value is 0.180. The van der Waals surface area contributed by atoms with E-state index in [1.54, 1.807) is 0 Å². The molecular weight excluding hydrogens is 129 g/mol. The molecule has 0 spiro atoms. The van der Waals surface area contributed by atoms with E-state index in [0.717, 1.165) is 12.8 Å². The van der Waals surface area contributed by atoms with E-state index in [4.69, 9.17) is 0 Å². The Morgan fingerprint density at radius 3 is 2.25 bits per heavy atom. The summed E-state index contributed by atoms with van der Waals surface area (Å²) >= 11 is 0. The fourth-order valence-electron chi connectivity index (χ4n) is 1.44. The van der Waals surface area contributed by atoms with Crippen molar-refractivity contribution in [2.24, 2.45) is 0 Å². The molecule has 0 aromatic rings. The molecule has 2 bridgehead atoms. The van der Waals surface area contributed by atoms with E-state index in [9.17, 15) is 4.39 Å². The minimum Gasteiger partial charge on any atom is -0.311 e. The monoisotopic (exact) mass is 137 g/mol. The van der Waals surface area contributed by atoms with Crippen LogP contribution in [0.5, 0.6) is 0 Å². The highest BCUT2D eigenvalue weighted by atomic mass is 35.5. The summed E-state index contributed by atoms with van der Waals surface area (Å²) in [4.78, 5) is 0. The standard InChI is InChI=1S/C5H8FN.ClH/c6-5-1-4(2-5)7-3-5;/h4,7H,1-3H2;1H. The van der Waals surface area contributed by atoms with Gasteiger partial charge in [0.1, 0.15) is 5.67 Å². The van der Waals surface area contributed by atoms with Gasteiger partial charge < -0.3 is 5.32 Å². The summed E-state index contributed by atoms with van der Waals surface area (Å²) in [7, 11) is 0. The largest absolute Gasteiger partial charge is 0.311 e. The van der Waals surface area contributed by atoms with Crippen molar-refractivity contribution in [3.8, 4) is 0 Å². The van der Waals surface area contributed by atoms with Crippen LogP contribution in [0.1, 0.15) is 12.8 Å². The number of hydrogen-bond donors (Lipinski definition) is 1. The van der Waals surface area contributed by atoms with Gasteiger partial charge in [0.15, 0.2) is 0 Å². The highest BCUT2D eigenvalue weighted by Gasteiger charge is 2.50. The van der Waals surface area contributed by atoms with Gasteiger partial charge >= 0.3 is 0 Å². The molecule has 0 amide bonds. The molecule has 1 nitrogen and oxygen atoms in total. The normalized spacial score (nSPS) is 49.9. The molecule has 0 aromatic heterocycles. The molecule has 2 saturated heterocycles. The fraction of sp³-hybridized carbons (Fsp3) is 1.00. The fourth-order valence-corrected chi connectivity index (χ4v) is 1.44. The lowest BCUT2D eigenvalue weighted by Gasteiger charge is -2.27. The first-order valence-corrected chi connectivity index (χ1v) is 2.71. The zero-order valence-corrected chi connectivity index (χ0v) is 5.30. The zero-order chi connectivity index (χ0) is 4.91. The number of alkyl halides is 1. The van der Waals surface area contributed by atoms with Crippen LogP contribution in [0.15, 0.2) is 0 Å². The van der Waals surface area contributed by atoms with Crippen molar-refractivity contribution in [1.29, 1.82) is 0 Å². The lowest BCUT2D eigenvalue weighted by Crippen LogP contribution is -2.35. The molecule has 0 unspecified atom stereocenters. The van der Waals surface area contributed by atoms with E-state index in [-0.39, 0.29) is 12.4 Å². The minimum absolute atomic E-state index is 0. The molecule has 3 rings (SSSR count). The van der Waals surface area contributed by atoms with Gasteiger partial charge in [0, 0.05) is 12.6 Å². The molecule has 1 aliphatic carbocycles. The van der Waals surface area contributed by atoms with Crippen molar-refractivity contribution >= 4 is 12.4 Å². The van der Waals surface area contributed by atoms with E-state index in [2.05, 4.69) is 5.32 Å². The predicted molar refractivity (Wildman–Crippen MR) is 32.1 cm³/mol. The molecule has 8 heavy (non-hydrogen) atoms. The van der Waals surface area contributed by atoms with Crippen molar-refractivity contribution in [1.82, 2.24) is 5.32 Å². The summed E-state index contributed by atoms with van der Waals surface area (Å²) in [6, 6.07) is 0.532. The lowest BCUT2D eigenvalue weighted by molar-refractivity contribution is 0.113. The zero-order valence-electron chi connectivity index (χ0n) is 4.48. The van der Waals surface area contributed by atoms with Crippen LogP contribution in [0.25, 0.3) is 0 Å². The van der Waals surface area contributed by atoms with Crippen LogP contribution in [0.3, 0.4) is 0 Å². The summed E-state index contributed by atoms with van der Waals surface area (Å²) in [5, 5.41) is 3.06. The Kier molecular flexibility index (Phi) is 1.24. The van der Waals surface area contributed by atoms with Crippen molar-refractivity contribution in [2.75, 3.05) is 6.54 Å². The topological polar surface area (TPSA) is 12.0 Å². The van der Waals surface area contributed by atoms with Gasteiger partial charge in [-0.3, -0.25) is 0 Å². The highest BCUT2D eigenvalue weighted by molar-refractivity contribution is 5.85. The minimum atomic E-state index is -0.773. The second-order valence-electron chi connectivity index (χ2n) is 2.64. The van der Waals surface area contributed by atoms with E-state index in [1.807, 2.05) is 0 Å². The third-order valence-electron chi connectivity index (χ3n) is 1.93. The Labute approximate surface area is 54.1 Å². The molecule has 1 N–H and O–H groups in total. The van der Waals surface area contributed by atoms with Crippen molar-refractivity contribution in [3.05, 3.63) is 0 Å². The summed E-state index contributed by atoms with van der Waals surface area (Å²) in [5.41, 5.74) is -0.773. The molecular formula is C5H9ClFN. The maximum absolute atomic E-state index is 12.6. The molecule has 1 saturated carbocycles. The van der Waals surface area contributed by atoms with Crippen molar-refractivity contribution < 1.29 is 4.39 Å². The summed E-state index contributed by atoms with van der Waals surface area (Å²) in [5.74, 6) is 0. The number of halogens is 2. The third-order valence-corrected chi connectivity index (χ3v) is 1.93. The van der Waals surface area contributed by atoms with Gasteiger partial charge in [-0.2, -0.15) is 0 Å². The summed E-state index contributed by atoms with van der Waals surface area (Å²) in [6.45, 7) is 0.609. The average molecular weight is 138 g/mol. The molecule has 3 fully saturated rings. The van der Waals surface area contributed by atoms with Gasteiger partial charge in [-0.05, 0) is 12.8 Å². The second kappa shape index (κ2) is 1.58. The van der Waals surface area contributed by atoms with E-state index in [1.165, 1.54) is 0 Å². The first-order chi connectivity index (χ1) is 3.29. The lowest BCUT2D eigenvalue weighted by atomic mass is 9.83. The maximum atomic E-state index is 12.6. The molecule has 0 atom stereocenters. The van der Waals surface area contributed by atoms with Gasteiger partial charge in [-0.25, -0.2) is 4.39 Å². The van der Waals surface area contributed by atoms with Gasteiger partial charge in [0.2, 0.25) is 0 Å². The van der Waals surface area contributed by atoms with Crippen LogP contribution in [0, 0.1) is 0 Å². The third kappa shape index (κ3) is 0.633. The van der Waals surface area contributed by atoms with Gasteiger partial charge in [0.05, 0.1) is 0 Å². The van der Waals surface area contributed by atoms with E-state index >= 15 is 0 Å². The van der Waals surface area contributed by atoms with Crippen LogP contribution in [-0.4, -0.2) is 18.3 Å². The summed E-state index contributed by atoms with van der Waals surface area (Å²) in [6.07, 6.45) is 1.54. The molecule has 3 aliphatic rings. The quantitative estimate of drug-likeness (QED) is 0.523. The van der Waals surface area contributed by atoms with Crippen LogP contribution in [0.4, 0.5) is 4.39 Å². The van der Waals surface area contributed by atoms with Crippen molar-refractivity contribution in [2.45, 2.75) is 24.6 Å². The van der Waals surface area contributed by atoms with Crippen molar-refractivity contribution in [3.63, 3.8) is 0 Å². The average Bonchev–Trinajstić information content (AvgIpc) is 1.88. The second-order valence-corrected chi connectivity index (χ2v) is 2.64. The molecule has 2 heterocycles. The SMILES string of the molecule is Cl.FC12CNC(C1)C2. The van der Waals surface area contributed by atoms with E-state index < -0.39 is 5.67 Å². The molecule has 2 aliphatic heterocycles. The highest BCUT2D eigenvalue weighted by Crippen LogP contribution is 2.40. The van der Waals surface area contributed by atoms with Crippen LogP contribution in [0.2, 0.25) is 0 Å². The molecule has 3 heteroatoms. The Bertz CT molecular complexity index is 95.1. The number of nitrogens with one attached hydrogen (secondary N) is 1. The van der Waals surface area contributed by atoms with E-state index in [0.29, 0.717) is 12.6 Å². The molecule has 0 radical (unpaired) electrons. The first kappa shape index (κ1) is 6.30. The van der Waals surface area contributed by atoms with Gasteiger partial charge in [0.25, 0.3) is 0 Å².